The van der Waals surface area contributed by atoms with Crippen LogP contribution in [-0.2, 0) is 19.1 Å². The average molecular weight is 290 g/mol. The van der Waals surface area contributed by atoms with Crippen molar-refractivity contribution in [2.75, 3.05) is 0 Å². The number of furan rings is 1. The van der Waals surface area contributed by atoms with Crippen molar-refractivity contribution in [3.05, 3.63) is 28.7 Å². The SMILES string of the molecule is Cc1cc(C=C2C(=O)OC3(CCCCC3)OC2=O)oc1C. The van der Waals surface area contributed by atoms with Gasteiger partial charge in [-0.2, -0.15) is 0 Å². The number of hydrogen-bond donors (Lipinski definition) is 0. The molecule has 112 valence electrons. The third-order valence-electron chi connectivity index (χ3n) is 4.08. The number of carbonyl (C=O) groups excluding carboxylic acids is 2. The Morgan fingerprint density at radius 1 is 1.05 bits per heavy atom. The summed E-state index contributed by atoms with van der Waals surface area (Å²) in [6.07, 6.45) is 5.42. The third kappa shape index (κ3) is 2.60. The molecule has 1 saturated heterocycles. The van der Waals surface area contributed by atoms with E-state index < -0.39 is 17.7 Å². The number of carbonyl (C=O) groups is 2. The third-order valence-corrected chi connectivity index (χ3v) is 4.08. The van der Waals surface area contributed by atoms with Crippen LogP contribution in [0.3, 0.4) is 0 Å². The van der Waals surface area contributed by atoms with Gasteiger partial charge in [0, 0.05) is 18.9 Å². The van der Waals surface area contributed by atoms with Crippen LogP contribution in [0.1, 0.15) is 49.2 Å². The van der Waals surface area contributed by atoms with Gasteiger partial charge < -0.3 is 13.9 Å². The van der Waals surface area contributed by atoms with Crippen molar-refractivity contribution in [3.63, 3.8) is 0 Å². The molecule has 0 amide bonds. The lowest BCUT2D eigenvalue weighted by Crippen LogP contribution is -2.47. The zero-order valence-corrected chi connectivity index (χ0v) is 12.2. The first-order valence-corrected chi connectivity index (χ1v) is 7.24. The zero-order valence-electron chi connectivity index (χ0n) is 12.2. The number of ether oxygens (including phenoxy) is 2. The molecule has 2 heterocycles. The Labute approximate surface area is 122 Å². The van der Waals surface area contributed by atoms with Gasteiger partial charge in [0.2, 0.25) is 0 Å². The molecule has 1 saturated carbocycles. The van der Waals surface area contributed by atoms with E-state index in [-0.39, 0.29) is 5.57 Å². The van der Waals surface area contributed by atoms with Crippen molar-refractivity contribution in [3.8, 4) is 0 Å². The van der Waals surface area contributed by atoms with Gasteiger partial charge >= 0.3 is 11.9 Å². The highest BCUT2D eigenvalue weighted by atomic mass is 16.7. The smallest absolute Gasteiger partial charge is 0.349 e. The summed E-state index contributed by atoms with van der Waals surface area (Å²) < 4.78 is 16.3. The van der Waals surface area contributed by atoms with Crippen LogP contribution in [0.25, 0.3) is 6.08 Å². The summed E-state index contributed by atoms with van der Waals surface area (Å²) >= 11 is 0. The second-order valence-corrected chi connectivity index (χ2v) is 5.70. The minimum atomic E-state index is -1.04. The summed E-state index contributed by atoms with van der Waals surface area (Å²) in [7, 11) is 0. The molecule has 0 atom stereocenters. The maximum atomic E-state index is 12.1. The van der Waals surface area contributed by atoms with Gasteiger partial charge in [-0.1, -0.05) is 6.42 Å². The maximum absolute atomic E-state index is 12.1. The Hall–Kier alpha value is -2.04. The van der Waals surface area contributed by atoms with E-state index in [0.29, 0.717) is 18.6 Å². The quantitative estimate of drug-likeness (QED) is 0.452. The van der Waals surface area contributed by atoms with E-state index in [1.165, 1.54) is 6.08 Å². The van der Waals surface area contributed by atoms with Gasteiger partial charge in [-0.3, -0.25) is 0 Å². The molecule has 1 aromatic rings. The molecule has 1 aliphatic heterocycles. The molecular formula is C16H18O5. The molecule has 2 fully saturated rings. The van der Waals surface area contributed by atoms with E-state index >= 15 is 0 Å². The zero-order chi connectivity index (χ0) is 15.0. The van der Waals surface area contributed by atoms with Crippen molar-refractivity contribution >= 4 is 18.0 Å². The normalized spacial score (nSPS) is 21.1. The molecule has 2 aliphatic rings. The van der Waals surface area contributed by atoms with Gasteiger partial charge in [0.15, 0.2) is 0 Å². The fourth-order valence-electron chi connectivity index (χ4n) is 2.78. The molecule has 1 spiro atoms. The Kier molecular flexibility index (Phi) is 3.35. The van der Waals surface area contributed by atoms with Crippen LogP contribution in [0.4, 0.5) is 0 Å². The van der Waals surface area contributed by atoms with E-state index in [2.05, 4.69) is 0 Å². The lowest BCUT2D eigenvalue weighted by molar-refractivity contribution is -0.244. The maximum Gasteiger partial charge on any atom is 0.349 e. The number of rotatable bonds is 1. The van der Waals surface area contributed by atoms with Crippen LogP contribution >= 0.6 is 0 Å². The predicted molar refractivity (Wildman–Crippen MR) is 74.2 cm³/mol. The van der Waals surface area contributed by atoms with Gasteiger partial charge in [-0.05, 0) is 38.3 Å². The molecule has 21 heavy (non-hydrogen) atoms. The molecular weight excluding hydrogens is 272 g/mol. The van der Waals surface area contributed by atoms with Crippen molar-refractivity contribution < 1.29 is 23.5 Å². The second-order valence-electron chi connectivity index (χ2n) is 5.70. The van der Waals surface area contributed by atoms with Crippen molar-refractivity contribution in [1.29, 1.82) is 0 Å². The molecule has 0 aromatic carbocycles. The molecule has 0 N–H and O–H groups in total. The van der Waals surface area contributed by atoms with E-state index in [4.69, 9.17) is 13.9 Å². The first-order chi connectivity index (χ1) is 9.99. The fourth-order valence-corrected chi connectivity index (χ4v) is 2.78. The van der Waals surface area contributed by atoms with E-state index in [1.807, 2.05) is 13.8 Å². The molecule has 1 aliphatic carbocycles. The number of esters is 2. The molecule has 5 nitrogen and oxygen atoms in total. The summed E-state index contributed by atoms with van der Waals surface area (Å²) in [6, 6.07) is 1.77. The minimum Gasteiger partial charge on any atom is -0.462 e. The Balaban J connectivity index is 1.85. The molecule has 0 unspecified atom stereocenters. The summed E-state index contributed by atoms with van der Waals surface area (Å²) in [6.45, 7) is 3.72. The first-order valence-electron chi connectivity index (χ1n) is 7.24. The van der Waals surface area contributed by atoms with Crippen LogP contribution in [-0.4, -0.2) is 17.7 Å². The lowest BCUT2D eigenvalue weighted by Gasteiger charge is -2.38. The van der Waals surface area contributed by atoms with E-state index in [0.717, 1.165) is 30.6 Å². The highest BCUT2D eigenvalue weighted by molar-refractivity contribution is 6.18. The van der Waals surface area contributed by atoms with Crippen LogP contribution in [0, 0.1) is 13.8 Å². The number of aryl methyl sites for hydroxylation is 2. The van der Waals surface area contributed by atoms with Crippen LogP contribution in [0.2, 0.25) is 0 Å². The average Bonchev–Trinajstić information content (AvgIpc) is 2.74. The minimum absolute atomic E-state index is 0.111. The molecule has 3 rings (SSSR count). The largest absolute Gasteiger partial charge is 0.462 e. The first kappa shape index (κ1) is 13.9. The Morgan fingerprint density at radius 3 is 2.19 bits per heavy atom. The van der Waals surface area contributed by atoms with E-state index in [1.54, 1.807) is 6.07 Å². The molecule has 1 aromatic heterocycles. The van der Waals surface area contributed by atoms with Gasteiger partial charge in [-0.15, -0.1) is 0 Å². The lowest BCUT2D eigenvalue weighted by atomic mass is 9.93. The van der Waals surface area contributed by atoms with Gasteiger partial charge in [0.05, 0.1) is 0 Å². The van der Waals surface area contributed by atoms with Crippen molar-refractivity contribution in [2.24, 2.45) is 0 Å². The summed E-state index contributed by atoms with van der Waals surface area (Å²) in [4.78, 5) is 24.3. The predicted octanol–water partition coefficient (Wildman–Crippen LogP) is 3.04. The Morgan fingerprint density at radius 2 is 1.67 bits per heavy atom. The van der Waals surface area contributed by atoms with Crippen molar-refractivity contribution in [2.45, 2.75) is 51.7 Å². The molecule has 0 bridgehead atoms. The topological polar surface area (TPSA) is 65.7 Å². The van der Waals surface area contributed by atoms with E-state index in [9.17, 15) is 9.59 Å². The van der Waals surface area contributed by atoms with Gasteiger partial charge in [-0.25, -0.2) is 9.59 Å². The number of hydrogen-bond acceptors (Lipinski definition) is 5. The van der Waals surface area contributed by atoms with Gasteiger partial charge in [0.1, 0.15) is 17.1 Å². The Bertz CT molecular complexity index is 575. The molecule has 0 radical (unpaired) electrons. The standard InChI is InChI=1S/C16H18O5/c1-10-8-12(19-11(10)2)9-13-14(17)20-16(21-15(13)18)6-4-3-5-7-16/h8-9H,3-7H2,1-2H3. The monoisotopic (exact) mass is 290 g/mol. The fraction of sp³-hybridized carbons (Fsp3) is 0.500. The highest BCUT2D eigenvalue weighted by Crippen LogP contribution is 2.37. The van der Waals surface area contributed by atoms with Crippen LogP contribution < -0.4 is 0 Å². The second kappa shape index (κ2) is 5.06. The highest BCUT2D eigenvalue weighted by Gasteiger charge is 2.46. The molecule has 5 heteroatoms. The summed E-state index contributed by atoms with van der Waals surface area (Å²) in [5.41, 5.74) is 0.850. The van der Waals surface area contributed by atoms with Crippen LogP contribution in [0.5, 0.6) is 0 Å². The summed E-state index contributed by atoms with van der Waals surface area (Å²) in [5, 5.41) is 0. The summed E-state index contributed by atoms with van der Waals surface area (Å²) in [5.74, 6) is -1.09. The van der Waals surface area contributed by atoms with Crippen LogP contribution in [0.15, 0.2) is 16.1 Å². The van der Waals surface area contributed by atoms with Crippen molar-refractivity contribution in [1.82, 2.24) is 0 Å². The van der Waals surface area contributed by atoms with Gasteiger partial charge in [0.25, 0.3) is 5.79 Å².